The average molecular weight is 349 g/mol. The van der Waals surface area contributed by atoms with Crippen LogP contribution in [0.5, 0.6) is 5.75 Å². The Morgan fingerprint density at radius 3 is 2.75 bits per heavy atom. The fourth-order valence-corrected chi connectivity index (χ4v) is 2.59. The summed E-state index contributed by atoms with van der Waals surface area (Å²) in [6, 6.07) is 2.80. The Morgan fingerprint density at radius 2 is 2.00 bits per heavy atom. The Bertz CT molecular complexity index is 804. The molecular weight excluding hydrogens is 336 g/mol. The molecule has 1 aromatic carbocycles. The van der Waals surface area contributed by atoms with Crippen molar-refractivity contribution < 1.29 is 18.3 Å². The fraction of sp³-hybridized carbons (Fsp3) is 0.125. The number of nitrogens with zero attached hydrogens (tertiary/aromatic N) is 1. The van der Waals surface area contributed by atoms with E-state index in [0.29, 0.717) is 16.6 Å². The molecule has 1 aliphatic rings. The van der Waals surface area contributed by atoms with Gasteiger partial charge in [0, 0.05) is 17.6 Å². The number of benzene rings is 1. The van der Waals surface area contributed by atoms with Crippen LogP contribution in [0.1, 0.15) is 12.8 Å². The highest BCUT2D eigenvalue weighted by molar-refractivity contribution is 7.13. The number of carbonyl (C=O) groups is 1. The average Bonchev–Trinajstić information content (AvgIpc) is 3.05. The molecule has 0 unspecified atom stereocenters. The van der Waals surface area contributed by atoms with Crippen LogP contribution in [0.2, 0.25) is 0 Å². The van der Waals surface area contributed by atoms with Gasteiger partial charge < -0.3 is 10.1 Å². The molecule has 0 saturated carbocycles. The molecule has 2 aromatic rings. The Kier molecular flexibility index (Phi) is 4.85. The smallest absolute Gasteiger partial charge is 0.325 e. The first-order valence-electron chi connectivity index (χ1n) is 7.13. The van der Waals surface area contributed by atoms with Crippen molar-refractivity contribution in [2.24, 2.45) is 0 Å². The van der Waals surface area contributed by atoms with Gasteiger partial charge in [-0.25, -0.2) is 18.6 Å². The van der Waals surface area contributed by atoms with Crippen LogP contribution in [0, 0.1) is 11.6 Å². The Hall–Kier alpha value is -2.74. The van der Waals surface area contributed by atoms with Crippen molar-refractivity contribution in [3.8, 4) is 5.75 Å². The molecule has 0 fully saturated rings. The van der Waals surface area contributed by atoms with Crippen LogP contribution in [0.15, 0.2) is 53.4 Å². The number of allylic oxidation sites excluding steroid dienone is 2. The number of amides is 2. The summed E-state index contributed by atoms with van der Waals surface area (Å²) >= 11 is 1.29. The van der Waals surface area contributed by atoms with Crippen LogP contribution in [0.4, 0.5) is 18.7 Å². The van der Waals surface area contributed by atoms with Crippen LogP contribution in [0.25, 0.3) is 0 Å². The van der Waals surface area contributed by atoms with Crippen molar-refractivity contribution >= 4 is 22.5 Å². The summed E-state index contributed by atoms with van der Waals surface area (Å²) < 4.78 is 31.8. The molecule has 24 heavy (non-hydrogen) atoms. The zero-order valence-electron chi connectivity index (χ0n) is 12.4. The third-order valence-electron chi connectivity index (χ3n) is 3.13. The van der Waals surface area contributed by atoms with E-state index in [0.717, 1.165) is 25.0 Å². The molecule has 1 aliphatic carbocycles. The van der Waals surface area contributed by atoms with E-state index in [1.54, 1.807) is 23.7 Å². The maximum absolute atomic E-state index is 13.3. The van der Waals surface area contributed by atoms with Gasteiger partial charge in [0.15, 0.2) is 16.8 Å². The van der Waals surface area contributed by atoms with Crippen molar-refractivity contribution in [1.29, 1.82) is 0 Å². The van der Waals surface area contributed by atoms with Gasteiger partial charge in [-0.3, -0.25) is 5.32 Å². The van der Waals surface area contributed by atoms with Gasteiger partial charge in [-0.15, -0.1) is 11.3 Å². The maximum Gasteiger partial charge on any atom is 0.325 e. The van der Waals surface area contributed by atoms with E-state index in [1.807, 2.05) is 0 Å². The van der Waals surface area contributed by atoms with Crippen molar-refractivity contribution in [1.82, 2.24) is 10.3 Å². The predicted octanol–water partition coefficient (Wildman–Crippen LogP) is 4.18. The van der Waals surface area contributed by atoms with Gasteiger partial charge in [-0.1, -0.05) is 6.08 Å². The number of thiazole rings is 1. The Morgan fingerprint density at radius 1 is 1.17 bits per heavy atom. The van der Waals surface area contributed by atoms with Crippen LogP contribution < -0.4 is 15.4 Å². The summed E-state index contributed by atoms with van der Waals surface area (Å²) in [4.78, 5) is 15.9. The highest BCUT2D eigenvalue weighted by Gasteiger charge is 2.15. The van der Waals surface area contributed by atoms with Crippen molar-refractivity contribution in [3.63, 3.8) is 0 Å². The van der Waals surface area contributed by atoms with Crippen molar-refractivity contribution in [3.05, 3.63) is 65.0 Å². The first-order valence-corrected chi connectivity index (χ1v) is 8.01. The summed E-state index contributed by atoms with van der Waals surface area (Å²) in [6.07, 6.45) is 6.62. The molecule has 124 valence electrons. The Labute approximate surface area is 140 Å². The minimum Gasteiger partial charge on any atom is -0.455 e. The van der Waals surface area contributed by atoms with E-state index in [2.05, 4.69) is 15.6 Å². The number of carbonyl (C=O) groups excluding carboxylic acids is 1. The number of anilines is 1. The molecule has 0 saturated heterocycles. The first-order chi connectivity index (χ1) is 11.6. The quantitative estimate of drug-likeness (QED) is 0.870. The SMILES string of the molecule is O=C(NC1=CCCC=C1Oc1ccc(F)c(F)c1)Nc1nccs1. The molecule has 1 heterocycles. The molecule has 0 atom stereocenters. The lowest BCUT2D eigenvalue weighted by molar-refractivity contribution is 0.253. The number of rotatable bonds is 4. The first kappa shape index (κ1) is 16.1. The number of halogens is 2. The zero-order valence-corrected chi connectivity index (χ0v) is 13.2. The summed E-state index contributed by atoms with van der Waals surface area (Å²) in [6.45, 7) is 0. The molecule has 3 rings (SSSR count). The molecule has 0 aliphatic heterocycles. The van der Waals surface area contributed by atoms with Gasteiger partial charge in [0.2, 0.25) is 0 Å². The molecule has 0 bridgehead atoms. The zero-order chi connectivity index (χ0) is 16.9. The maximum atomic E-state index is 13.3. The van der Waals surface area contributed by atoms with Gasteiger partial charge in [-0.2, -0.15) is 0 Å². The monoisotopic (exact) mass is 349 g/mol. The normalized spacial score (nSPS) is 13.8. The summed E-state index contributed by atoms with van der Waals surface area (Å²) in [7, 11) is 0. The van der Waals surface area contributed by atoms with Crippen LogP contribution in [0.3, 0.4) is 0 Å². The standard InChI is InChI=1S/C16H13F2N3O2S/c17-11-6-5-10(9-12(11)18)23-14-4-2-1-3-13(14)20-15(22)21-16-19-7-8-24-16/h3-9H,1-2H2,(H2,19,20,21,22). The molecule has 1 aromatic heterocycles. The number of ether oxygens (including phenoxy) is 1. The van der Waals surface area contributed by atoms with Crippen molar-refractivity contribution in [2.75, 3.05) is 5.32 Å². The number of aromatic nitrogens is 1. The minimum absolute atomic E-state index is 0.148. The lowest BCUT2D eigenvalue weighted by Crippen LogP contribution is -2.30. The summed E-state index contributed by atoms with van der Waals surface area (Å²) in [5, 5.41) is 7.48. The molecule has 2 amide bonds. The van der Waals surface area contributed by atoms with Gasteiger partial charge in [0.25, 0.3) is 0 Å². The van der Waals surface area contributed by atoms with Gasteiger partial charge >= 0.3 is 6.03 Å². The lowest BCUT2D eigenvalue weighted by Gasteiger charge is -2.18. The Balaban J connectivity index is 1.67. The second-order valence-electron chi connectivity index (χ2n) is 4.86. The predicted molar refractivity (Wildman–Crippen MR) is 86.7 cm³/mol. The lowest BCUT2D eigenvalue weighted by atomic mass is 10.1. The van der Waals surface area contributed by atoms with E-state index < -0.39 is 17.7 Å². The topological polar surface area (TPSA) is 63.2 Å². The highest BCUT2D eigenvalue weighted by atomic mass is 32.1. The number of nitrogens with one attached hydrogen (secondary N) is 2. The second-order valence-corrected chi connectivity index (χ2v) is 5.75. The summed E-state index contributed by atoms with van der Waals surface area (Å²) in [5.74, 6) is -1.42. The number of urea groups is 1. The molecule has 5 nitrogen and oxygen atoms in total. The van der Waals surface area contributed by atoms with E-state index in [9.17, 15) is 13.6 Å². The molecule has 2 N–H and O–H groups in total. The van der Waals surface area contributed by atoms with Gasteiger partial charge in [0.05, 0.1) is 5.70 Å². The fourth-order valence-electron chi connectivity index (χ4n) is 2.07. The van der Waals surface area contributed by atoms with Gasteiger partial charge in [-0.05, 0) is 31.1 Å². The number of hydrogen-bond donors (Lipinski definition) is 2. The summed E-state index contributed by atoms with van der Waals surface area (Å²) in [5.41, 5.74) is 0.458. The van der Waals surface area contributed by atoms with Crippen LogP contribution >= 0.6 is 11.3 Å². The van der Waals surface area contributed by atoms with Crippen LogP contribution in [-0.4, -0.2) is 11.0 Å². The number of hydrogen-bond acceptors (Lipinski definition) is 4. The van der Waals surface area contributed by atoms with Crippen molar-refractivity contribution in [2.45, 2.75) is 12.8 Å². The molecular formula is C16H13F2N3O2S. The third kappa shape index (κ3) is 3.96. The van der Waals surface area contributed by atoms with Gasteiger partial charge in [0.1, 0.15) is 11.5 Å². The minimum atomic E-state index is -0.996. The molecule has 0 radical (unpaired) electrons. The molecule has 0 spiro atoms. The second kappa shape index (κ2) is 7.22. The van der Waals surface area contributed by atoms with E-state index >= 15 is 0 Å². The van der Waals surface area contributed by atoms with E-state index in [-0.39, 0.29) is 5.75 Å². The third-order valence-corrected chi connectivity index (χ3v) is 3.82. The largest absolute Gasteiger partial charge is 0.455 e. The highest BCUT2D eigenvalue weighted by Crippen LogP contribution is 2.23. The van der Waals surface area contributed by atoms with E-state index in [1.165, 1.54) is 17.4 Å². The van der Waals surface area contributed by atoms with Crippen LogP contribution in [-0.2, 0) is 0 Å². The molecule has 8 heteroatoms. The van der Waals surface area contributed by atoms with E-state index in [4.69, 9.17) is 4.74 Å².